The number of fused-ring (bicyclic) bond motifs is 1. The zero-order chi connectivity index (χ0) is 22.2. The Morgan fingerprint density at radius 2 is 2.10 bits per heavy atom. The minimum Gasteiger partial charge on any atom is -0.465 e. The second kappa shape index (κ2) is 11.2. The Balaban J connectivity index is 1.73. The van der Waals surface area contributed by atoms with Gasteiger partial charge in [-0.15, -0.1) is 23.1 Å². The summed E-state index contributed by atoms with van der Waals surface area (Å²) >= 11 is 3.81. The molecule has 0 saturated carbocycles. The van der Waals surface area contributed by atoms with Crippen LogP contribution in [0.5, 0.6) is 0 Å². The molecule has 31 heavy (non-hydrogen) atoms. The fourth-order valence-corrected chi connectivity index (χ4v) is 4.87. The third-order valence-electron chi connectivity index (χ3n) is 3.98. The summed E-state index contributed by atoms with van der Waals surface area (Å²) in [7, 11) is 2.92. The molecule has 0 aliphatic rings. The molecule has 0 aliphatic heterocycles. The monoisotopic (exact) mass is 480 g/mol. The summed E-state index contributed by atoms with van der Waals surface area (Å²) in [5.41, 5.74) is 1.27. The molecule has 2 heterocycles. The molecule has 12 heteroatoms. The van der Waals surface area contributed by atoms with Gasteiger partial charge >= 0.3 is 5.97 Å². The summed E-state index contributed by atoms with van der Waals surface area (Å²) in [6, 6.07) is 5.19. The summed E-state index contributed by atoms with van der Waals surface area (Å²) in [5.74, 6) is -0.810. The second-order valence-corrected chi connectivity index (χ2v) is 8.98. The number of aromatic nitrogens is 2. The van der Waals surface area contributed by atoms with Gasteiger partial charge in [0.2, 0.25) is 5.91 Å². The molecule has 164 valence electrons. The summed E-state index contributed by atoms with van der Waals surface area (Å²) in [5, 5.41) is 4.96. The average molecular weight is 481 g/mol. The lowest BCUT2D eigenvalue weighted by Crippen LogP contribution is -2.20. The molecule has 0 spiro atoms. The van der Waals surface area contributed by atoms with Crippen molar-refractivity contribution >= 4 is 67.6 Å². The first-order chi connectivity index (χ1) is 15.0. The number of hydrogen-bond acceptors (Lipinski definition) is 9. The normalized spacial score (nSPS) is 11.6. The van der Waals surface area contributed by atoms with Crippen molar-refractivity contribution in [2.45, 2.75) is 6.54 Å². The van der Waals surface area contributed by atoms with Crippen LogP contribution in [0.3, 0.4) is 0 Å². The molecule has 1 N–H and O–H groups in total. The maximum Gasteiger partial charge on any atom is 0.337 e. The van der Waals surface area contributed by atoms with E-state index in [9.17, 15) is 14.4 Å². The number of methoxy groups -OCH3 is 2. The van der Waals surface area contributed by atoms with E-state index in [4.69, 9.17) is 9.47 Å². The lowest BCUT2D eigenvalue weighted by molar-refractivity contribution is -0.115. The zero-order valence-electron chi connectivity index (χ0n) is 16.8. The number of ether oxygens (including phenoxy) is 2. The molecule has 0 radical (unpaired) electrons. The highest BCUT2D eigenvalue weighted by Gasteiger charge is 2.13. The first-order valence-corrected chi connectivity index (χ1v) is 11.9. The van der Waals surface area contributed by atoms with Crippen molar-refractivity contribution in [3.8, 4) is 0 Å². The molecular weight excluding hydrogens is 460 g/mol. The molecule has 0 aliphatic carbocycles. The molecule has 0 fully saturated rings. The second-order valence-electron chi connectivity index (χ2n) is 6.09. The predicted octanol–water partition coefficient (Wildman–Crippen LogP) is 2.39. The molecule has 9 nitrogen and oxygen atoms in total. The Kier molecular flexibility index (Phi) is 8.35. The molecular formula is C19H20N4O5S3. The Hall–Kier alpha value is -2.54. The van der Waals surface area contributed by atoms with Crippen molar-refractivity contribution in [3.63, 3.8) is 0 Å². The molecule has 3 rings (SSSR count). The molecule has 3 aromatic rings. The molecule has 0 atom stereocenters. The third-order valence-corrected chi connectivity index (χ3v) is 6.63. The van der Waals surface area contributed by atoms with Crippen molar-refractivity contribution in [2.75, 3.05) is 37.6 Å². The first-order valence-electron chi connectivity index (χ1n) is 9.07. The Morgan fingerprint density at radius 3 is 2.81 bits per heavy atom. The van der Waals surface area contributed by atoms with Crippen LogP contribution in [-0.4, -0.2) is 59.7 Å². The van der Waals surface area contributed by atoms with Crippen LogP contribution in [0.25, 0.3) is 10.2 Å². The Labute approximate surface area is 190 Å². The largest absolute Gasteiger partial charge is 0.465 e. The summed E-state index contributed by atoms with van der Waals surface area (Å²) < 4.78 is 12.6. The quantitative estimate of drug-likeness (QED) is 0.468. The molecule has 1 aromatic carbocycles. The standard InChI is InChI=1S/C19H20N4O5S3/c1-27-7-6-23-13-4-3-12(17(26)28-2)9-14(13)31-19(23)22-16(25)11-29-10-15(24)21-18-20-5-8-30-18/h3-5,8-9H,6-7,10-11H2,1-2H3,(H,20,21,24). The molecule has 0 unspecified atom stereocenters. The molecule has 0 saturated heterocycles. The van der Waals surface area contributed by atoms with E-state index in [2.05, 4.69) is 15.3 Å². The molecule has 2 amide bonds. The van der Waals surface area contributed by atoms with E-state index in [-0.39, 0.29) is 23.3 Å². The molecule has 0 bridgehead atoms. The molecule has 2 aromatic heterocycles. The topological polar surface area (TPSA) is 112 Å². The van der Waals surface area contributed by atoms with E-state index in [1.54, 1.807) is 36.9 Å². The highest BCUT2D eigenvalue weighted by Crippen LogP contribution is 2.20. The highest BCUT2D eigenvalue weighted by molar-refractivity contribution is 8.00. The lowest BCUT2D eigenvalue weighted by atomic mass is 10.2. The van der Waals surface area contributed by atoms with Gasteiger partial charge in [-0.2, -0.15) is 4.99 Å². The van der Waals surface area contributed by atoms with Crippen molar-refractivity contribution in [3.05, 3.63) is 40.1 Å². The number of thiazole rings is 2. The third kappa shape index (κ3) is 6.23. The van der Waals surface area contributed by atoms with E-state index >= 15 is 0 Å². The van der Waals surface area contributed by atoms with Crippen LogP contribution in [-0.2, 0) is 25.6 Å². The minimum atomic E-state index is -0.430. The van der Waals surface area contributed by atoms with Crippen molar-refractivity contribution in [1.29, 1.82) is 0 Å². The number of nitrogens with one attached hydrogen (secondary N) is 1. The number of carbonyl (C=O) groups excluding carboxylic acids is 3. The van der Waals surface area contributed by atoms with Gasteiger partial charge < -0.3 is 19.4 Å². The number of nitrogens with zero attached hydrogens (tertiary/aromatic N) is 3. The number of rotatable bonds is 9. The van der Waals surface area contributed by atoms with E-state index in [0.29, 0.717) is 28.6 Å². The number of benzene rings is 1. The van der Waals surface area contributed by atoms with Crippen molar-refractivity contribution in [2.24, 2.45) is 4.99 Å². The number of anilines is 1. The van der Waals surface area contributed by atoms with Gasteiger partial charge in [0.05, 0.1) is 41.0 Å². The van der Waals surface area contributed by atoms with Gasteiger partial charge in [-0.05, 0) is 18.2 Å². The van der Waals surface area contributed by atoms with Gasteiger partial charge in [-0.25, -0.2) is 9.78 Å². The first kappa shape index (κ1) is 23.1. The predicted molar refractivity (Wildman–Crippen MR) is 122 cm³/mol. The maximum atomic E-state index is 12.4. The summed E-state index contributed by atoms with van der Waals surface area (Å²) in [4.78, 5) is 44.8. The van der Waals surface area contributed by atoms with Gasteiger partial charge in [0.25, 0.3) is 5.91 Å². The van der Waals surface area contributed by atoms with Gasteiger partial charge in [0, 0.05) is 25.2 Å². The van der Waals surface area contributed by atoms with Crippen LogP contribution in [0.15, 0.2) is 34.8 Å². The highest BCUT2D eigenvalue weighted by atomic mass is 32.2. The number of carbonyl (C=O) groups is 3. The van der Waals surface area contributed by atoms with Crippen LogP contribution in [0.1, 0.15) is 10.4 Å². The maximum absolute atomic E-state index is 12.4. The summed E-state index contributed by atoms with van der Waals surface area (Å²) in [6.07, 6.45) is 1.60. The fourth-order valence-electron chi connectivity index (χ4n) is 2.61. The number of hydrogen-bond donors (Lipinski definition) is 1. The van der Waals surface area contributed by atoms with Crippen molar-refractivity contribution < 1.29 is 23.9 Å². The minimum absolute atomic E-state index is 0.0667. The van der Waals surface area contributed by atoms with Gasteiger partial charge in [0.1, 0.15) is 0 Å². The Bertz CT molecular complexity index is 1140. The SMILES string of the molecule is COCCn1c(=NC(=O)CSCC(=O)Nc2nccs2)sc2cc(C(=O)OC)ccc21. The van der Waals surface area contributed by atoms with Gasteiger partial charge in [0.15, 0.2) is 9.93 Å². The van der Waals surface area contributed by atoms with Crippen LogP contribution in [0, 0.1) is 0 Å². The van der Waals surface area contributed by atoms with Crippen molar-refractivity contribution in [1.82, 2.24) is 9.55 Å². The van der Waals surface area contributed by atoms with E-state index in [1.165, 1.54) is 41.5 Å². The van der Waals surface area contributed by atoms with E-state index in [1.807, 2.05) is 4.57 Å². The van der Waals surface area contributed by atoms with E-state index < -0.39 is 5.97 Å². The summed E-state index contributed by atoms with van der Waals surface area (Å²) in [6.45, 7) is 0.946. The number of esters is 1. The van der Waals surface area contributed by atoms with Crippen LogP contribution >= 0.6 is 34.4 Å². The number of amides is 2. The smallest absolute Gasteiger partial charge is 0.337 e. The zero-order valence-corrected chi connectivity index (χ0v) is 19.3. The Morgan fingerprint density at radius 1 is 1.26 bits per heavy atom. The number of thioether (sulfide) groups is 1. The lowest BCUT2D eigenvalue weighted by Gasteiger charge is -2.05. The van der Waals surface area contributed by atoms with Gasteiger partial charge in [-0.1, -0.05) is 11.3 Å². The van der Waals surface area contributed by atoms with E-state index in [0.717, 1.165) is 10.2 Å². The van der Waals surface area contributed by atoms with Gasteiger partial charge in [-0.3, -0.25) is 9.59 Å². The fraction of sp³-hybridized carbons (Fsp3) is 0.316. The van der Waals surface area contributed by atoms with Crippen LogP contribution < -0.4 is 10.1 Å². The van der Waals surface area contributed by atoms with Crippen LogP contribution in [0.4, 0.5) is 5.13 Å². The average Bonchev–Trinajstić information content (AvgIpc) is 3.38. The van der Waals surface area contributed by atoms with Crippen LogP contribution in [0.2, 0.25) is 0 Å².